The van der Waals surface area contributed by atoms with Gasteiger partial charge in [0.15, 0.2) is 0 Å². The van der Waals surface area contributed by atoms with Crippen molar-refractivity contribution in [1.29, 1.82) is 0 Å². The van der Waals surface area contributed by atoms with Crippen LogP contribution in [0, 0.1) is 11.8 Å². The summed E-state index contributed by atoms with van der Waals surface area (Å²) in [6.07, 6.45) is 8.42. The standard InChI is InChI=1S/C20H28N4/c1-2-3-4-8-12-19(15-14-18-10-6-5-7-11-18)24-16-9-13-20(24)17-22-23-21/h5-7,10-11,19-20H,2-4,8-9,12-13,16-17H2,1H3/t19-,20-/m0/s1. The van der Waals surface area contributed by atoms with E-state index in [1.165, 1.54) is 32.1 Å². The molecule has 4 heteroatoms. The molecule has 128 valence electrons. The summed E-state index contributed by atoms with van der Waals surface area (Å²) in [6, 6.07) is 10.8. The van der Waals surface area contributed by atoms with E-state index in [1.54, 1.807) is 0 Å². The summed E-state index contributed by atoms with van der Waals surface area (Å²) in [4.78, 5) is 5.40. The van der Waals surface area contributed by atoms with Crippen LogP contribution >= 0.6 is 0 Å². The van der Waals surface area contributed by atoms with Gasteiger partial charge in [0, 0.05) is 23.1 Å². The summed E-state index contributed by atoms with van der Waals surface area (Å²) >= 11 is 0. The zero-order valence-electron chi connectivity index (χ0n) is 14.7. The zero-order valence-corrected chi connectivity index (χ0v) is 14.7. The molecule has 0 spiro atoms. The Morgan fingerprint density at radius 2 is 2.12 bits per heavy atom. The normalized spacial score (nSPS) is 18.5. The summed E-state index contributed by atoms with van der Waals surface area (Å²) in [5.74, 6) is 6.85. The average Bonchev–Trinajstić information content (AvgIpc) is 3.08. The van der Waals surface area contributed by atoms with Gasteiger partial charge in [-0.1, -0.05) is 67.8 Å². The van der Waals surface area contributed by atoms with Crippen molar-refractivity contribution < 1.29 is 0 Å². The van der Waals surface area contributed by atoms with Gasteiger partial charge in [-0.05, 0) is 43.5 Å². The summed E-state index contributed by atoms with van der Waals surface area (Å²) < 4.78 is 0. The molecule has 0 radical (unpaired) electrons. The van der Waals surface area contributed by atoms with Gasteiger partial charge in [-0.3, -0.25) is 4.90 Å². The Morgan fingerprint density at radius 3 is 2.88 bits per heavy atom. The summed E-state index contributed by atoms with van der Waals surface area (Å²) in [7, 11) is 0. The second kappa shape index (κ2) is 10.8. The topological polar surface area (TPSA) is 52.0 Å². The molecule has 0 aliphatic carbocycles. The van der Waals surface area contributed by atoms with Crippen molar-refractivity contribution in [1.82, 2.24) is 4.90 Å². The van der Waals surface area contributed by atoms with Crippen LogP contribution in [0.4, 0.5) is 0 Å². The van der Waals surface area contributed by atoms with Crippen LogP contribution in [0.3, 0.4) is 0 Å². The number of hydrogen-bond acceptors (Lipinski definition) is 2. The van der Waals surface area contributed by atoms with Crippen molar-refractivity contribution in [3.63, 3.8) is 0 Å². The molecule has 0 bridgehead atoms. The first kappa shape index (κ1) is 18.4. The molecule has 2 atom stereocenters. The lowest BCUT2D eigenvalue weighted by Crippen LogP contribution is -2.39. The number of nitrogens with zero attached hydrogens (tertiary/aromatic N) is 4. The highest BCUT2D eigenvalue weighted by Crippen LogP contribution is 2.23. The SMILES string of the molecule is CCCCCC[C@@H](C#Cc1ccccc1)N1CCC[C@H]1CN=[N+]=[N-]. The molecule has 1 aliphatic rings. The molecule has 1 aromatic rings. The monoisotopic (exact) mass is 324 g/mol. The van der Waals surface area contributed by atoms with Gasteiger partial charge in [-0.25, -0.2) is 0 Å². The van der Waals surface area contributed by atoms with Crippen LogP contribution in [-0.2, 0) is 0 Å². The quantitative estimate of drug-likeness (QED) is 0.214. The predicted molar refractivity (Wildman–Crippen MR) is 99.6 cm³/mol. The van der Waals surface area contributed by atoms with Crippen LogP contribution < -0.4 is 0 Å². The van der Waals surface area contributed by atoms with E-state index >= 15 is 0 Å². The Balaban J connectivity index is 2.06. The molecule has 0 amide bonds. The highest BCUT2D eigenvalue weighted by atomic mass is 15.2. The van der Waals surface area contributed by atoms with E-state index in [0.29, 0.717) is 12.6 Å². The van der Waals surface area contributed by atoms with Gasteiger partial charge < -0.3 is 0 Å². The first-order chi connectivity index (χ1) is 11.8. The van der Waals surface area contributed by atoms with Gasteiger partial charge in [-0.15, -0.1) is 0 Å². The van der Waals surface area contributed by atoms with Crippen LogP contribution in [0.5, 0.6) is 0 Å². The lowest BCUT2D eigenvalue weighted by molar-refractivity contribution is 0.209. The number of unbranched alkanes of at least 4 members (excludes halogenated alkanes) is 3. The smallest absolute Gasteiger partial charge is 0.0720 e. The molecular weight excluding hydrogens is 296 g/mol. The highest BCUT2D eigenvalue weighted by Gasteiger charge is 2.28. The van der Waals surface area contributed by atoms with Crippen molar-refractivity contribution >= 4 is 0 Å². The Labute approximate surface area is 145 Å². The first-order valence-corrected chi connectivity index (χ1v) is 9.18. The average molecular weight is 324 g/mol. The van der Waals surface area contributed by atoms with Crippen LogP contribution in [-0.4, -0.2) is 30.1 Å². The molecular formula is C20H28N4. The van der Waals surface area contributed by atoms with Crippen molar-refractivity contribution in [2.45, 2.75) is 64.0 Å². The Morgan fingerprint density at radius 1 is 1.29 bits per heavy atom. The zero-order chi connectivity index (χ0) is 17.0. The maximum atomic E-state index is 8.62. The Bertz CT molecular complexity index is 581. The second-order valence-electron chi connectivity index (χ2n) is 6.45. The summed E-state index contributed by atoms with van der Waals surface area (Å²) in [5, 5.41) is 3.81. The fraction of sp³-hybridized carbons (Fsp3) is 0.600. The molecule has 0 saturated carbocycles. The van der Waals surface area contributed by atoms with E-state index in [-0.39, 0.29) is 6.04 Å². The number of rotatable bonds is 8. The maximum Gasteiger partial charge on any atom is 0.0720 e. The van der Waals surface area contributed by atoms with Gasteiger partial charge >= 0.3 is 0 Å². The molecule has 1 aliphatic heterocycles. The van der Waals surface area contributed by atoms with Gasteiger partial charge in [0.05, 0.1) is 6.04 Å². The van der Waals surface area contributed by atoms with E-state index < -0.39 is 0 Å². The molecule has 0 N–H and O–H groups in total. The van der Waals surface area contributed by atoms with Crippen molar-refractivity contribution in [3.05, 3.63) is 46.3 Å². The van der Waals surface area contributed by atoms with Crippen LogP contribution in [0.1, 0.15) is 57.4 Å². The molecule has 4 nitrogen and oxygen atoms in total. The number of likely N-dealkylation sites (tertiary alicyclic amines) is 1. The molecule has 2 rings (SSSR count). The van der Waals surface area contributed by atoms with E-state index in [2.05, 4.69) is 45.8 Å². The fourth-order valence-corrected chi connectivity index (χ4v) is 3.37. The Hall–Kier alpha value is -1.95. The van der Waals surface area contributed by atoms with E-state index in [9.17, 15) is 0 Å². The fourth-order valence-electron chi connectivity index (χ4n) is 3.37. The van der Waals surface area contributed by atoms with Crippen LogP contribution in [0.15, 0.2) is 35.4 Å². The first-order valence-electron chi connectivity index (χ1n) is 9.18. The van der Waals surface area contributed by atoms with E-state index in [1.807, 2.05) is 18.2 Å². The third-order valence-corrected chi connectivity index (χ3v) is 4.67. The van der Waals surface area contributed by atoms with Crippen LogP contribution in [0.2, 0.25) is 0 Å². The Kier molecular flexibility index (Phi) is 8.24. The third kappa shape index (κ3) is 5.92. The van der Waals surface area contributed by atoms with Crippen molar-refractivity contribution in [2.75, 3.05) is 13.1 Å². The number of azide groups is 1. The summed E-state index contributed by atoms with van der Waals surface area (Å²) in [5.41, 5.74) is 9.69. The van der Waals surface area contributed by atoms with E-state index in [0.717, 1.165) is 24.9 Å². The van der Waals surface area contributed by atoms with Gasteiger partial charge in [0.2, 0.25) is 0 Å². The second-order valence-corrected chi connectivity index (χ2v) is 6.45. The lowest BCUT2D eigenvalue weighted by Gasteiger charge is -2.29. The largest absolute Gasteiger partial charge is 0.287 e. The summed E-state index contributed by atoms with van der Waals surface area (Å²) in [6.45, 7) is 3.87. The van der Waals surface area contributed by atoms with Crippen molar-refractivity contribution in [3.8, 4) is 11.8 Å². The molecule has 1 saturated heterocycles. The third-order valence-electron chi connectivity index (χ3n) is 4.67. The molecule has 0 aromatic heterocycles. The molecule has 1 aromatic carbocycles. The van der Waals surface area contributed by atoms with Gasteiger partial charge in [0.25, 0.3) is 0 Å². The van der Waals surface area contributed by atoms with E-state index in [4.69, 9.17) is 5.53 Å². The van der Waals surface area contributed by atoms with Gasteiger partial charge in [-0.2, -0.15) is 0 Å². The number of hydrogen-bond donors (Lipinski definition) is 0. The van der Waals surface area contributed by atoms with Crippen LogP contribution in [0.25, 0.3) is 10.4 Å². The minimum Gasteiger partial charge on any atom is -0.287 e. The number of benzene rings is 1. The van der Waals surface area contributed by atoms with Crippen molar-refractivity contribution in [2.24, 2.45) is 5.11 Å². The maximum absolute atomic E-state index is 8.62. The lowest BCUT2D eigenvalue weighted by atomic mass is 10.0. The predicted octanol–water partition coefficient (Wildman–Crippen LogP) is 5.15. The molecule has 24 heavy (non-hydrogen) atoms. The highest BCUT2D eigenvalue weighted by molar-refractivity contribution is 5.35. The molecule has 1 fully saturated rings. The molecule has 1 heterocycles. The van der Waals surface area contributed by atoms with Gasteiger partial charge in [0.1, 0.15) is 0 Å². The minimum atomic E-state index is 0.267. The molecule has 0 unspecified atom stereocenters. The minimum absolute atomic E-state index is 0.267.